The van der Waals surface area contributed by atoms with Crippen molar-refractivity contribution in [3.63, 3.8) is 0 Å². The Labute approximate surface area is 113 Å². The molecule has 0 heterocycles. The minimum absolute atomic E-state index is 0.110. The van der Waals surface area contributed by atoms with E-state index in [4.69, 9.17) is 4.74 Å². The molecule has 0 spiro atoms. The fourth-order valence-corrected chi connectivity index (χ4v) is 2.60. The topological polar surface area (TPSA) is 26.3 Å². The van der Waals surface area contributed by atoms with Crippen LogP contribution in [0.3, 0.4) is 0 Å². The fourth-order valence-electron chi connectivity index (χ4n) is 2.60. The zero-order valence-corrected chi connectivity index (χ0v) is 10.9. The van der Waals surface area contributed by atoms with Crippen molar-refractivity contribution in [3.05, 3.63) is 65.7 Å². The summed E-state index contributed by atoms with van der Waals surface area (Å²) in [6.45, 7) is 0. The van der Waals surface area contributed by atoms with Gasteiger partial charge in [0.25, 0.3) is 0 Å². The second kappa shape index (κ2) is 4.88. The molecule has 2 nitrogen and oxygen atoms in total. The Balaban J connectivity index is 1.80. The van der Waals surface area contributed by atoms with Gasteiger partial charge in [-0.1, -0.05) is 42.5 Å². The van der Waals surface area contributed by atoms with Gasteiger partial charge >= 0.3 is 0 Å². The monoisotopic (exact) mass is 252 g/mol. The van der Waals surface area contributed by atoms with E-state index in [1.54, 1.807) is 7.11 Å². The minimum atomic E-state index is 0.110. The van der Waals surface area contributed by atoms with Gasteiger partial charge in [-0.2, -0.15) is 0 Å². The van der Waals surface area contributed by atoms with E-state index in [0.717, 1.165) is 6.42 Å². The van der Waals surface area contributed by atoms with Crippen molar-refractivity contribution in [2.45, 2.75) is 12.3 Å². The number of ether oxygens (including phenoxy) is 1. The van der Waals surface area contributed by atoms with Crippen molar-refractivity contribution in [3.8, 4) is 5.75 Å². The van der Waals surface area contributed by atoms with Crippen molar-refractivity contribution < 1.29 is 9.53 Å². The molecule has 2 heteroatoms. The molecular formula is C17H16O2. The molecule has 1 aliphatic rings. The molecule has 0 bridgehead atoms. The molecule has 2 aromatic carbocycles. The van der Waals surface area contributed by atoms with Crippen molar-refractivity contribution in [2.24, 2.45) is 5.92 Å². The molecule has 2 unspecified atom stereocenters. The van der Waals surface area contributed by atoms with E-state index < -0.39 is 0 Å². The van der Waals surface area contributed by atoms with Gasteiger partial charge in [-0.15, -0.1) is 0 Å². The van der Waals surface area contributed by atoms with Crippen LogP contribution in [0.2, 0.25) is 0 Å². The highest BCUT2D eigenvalue weighted by atomic mass is 16.5. The van der Waals surface area contributed by atoms with Gasteiger partial charge in [0.05, 0.1) is 12.7 Å². The van der Waals surface area contributed by atoms with Gasteiger partial charge in [0, 0.05) is 5.92 Å². The molecule has 96 valence electrons. The molecule has 2 aromatic rings. The number of methoxy groups -OCH3 is 1. The second-order valence-electron chi connectivity index (χ2n) is 4.92. The summed E-state index contributed by atoms with van der Waals surface area (Å²) >= 11 is 0. The fraction of sp³-hybridized carbons (Fsp3) is 0.235. The van der Waals surface area contributed by atoms with Crippen molar-refractivity contribution in [1.29, 1.82) is 0 Å². The molecule has 0 N–H and O–H groups in total. The van der Waals surface area contributed by atoms with Gasteiger partial charge in [0.15, 0.2) is 5.78 Å². The Bertz CT molecular complexity index is 589. The third-order valence-corrected chi connectivity index (χ3v) is 3.73. The summed E-state index contributed by atoms with van der Waals surface area (Å²) in [5.74, 6) is 1.36. The van der Waals surface area contributed by atoms with Gasteiger partial charge in [0.2, 0.25) is 0 Å². The Hall–Kier alpha value is -2.09. The van der Waals surface area contributed by atoms with E-state index in [0.29, 0.717) is 17.2 Å². The normalized spacial score (nSPS) is 20.9. The van der Waals surface area contributed by atoms with Crippen molar-refractivity contribution >= 4 is 5.78 Å². The van der Waals surface area contributed by atoms with Crippen LogP contribution in [0.5, 0.6) is 5.75 Å². The van der Waals surface area contributed by atoms with Crippen LogP contribution >= 0.6 is 0 Å². The third-order valence-electron chi connectivity index (χ3n) is 3.73. The summed E-state index contributed by atoms with van der Waals surface area (Å²) in [7, 11) is 1.60. The van der Waals surface area contributed by atoms with Crippen LogP contribution in [-0.2, 0) is 0 Å². The number of rotatable bonds is 4. The highest BCUT2D eigenvalue weighted by Crippen LogP contribution is 2.49. The van der Waals surface area contributed by atoms with Gasteiger partial charge < -0.3 is 4.74 Å². The van der Waals surface area contributed by atoms with Crippen LogP contribution in [0.25, 0.3) is 0 Å². The highest BCUT2D eigenvalue weighted by molar-refractivity contribution is 6.02. The largest absolute Gasteiger partial charge is 0.496 e. The quantitative estimate of drug-likeness (QED) is 0.776. The Morgan fingerprint density at radius 3 is 2.47 bits per heavy atom. The van der Waals surface area contributed by atoms with Crippen LogP contribution < -0.4 is 4.74 Å². The van der Waals surface area contributed by atoms with Gasteiger partial charge in [-0.25, -0.2) is 0 Å². The molecule has 0 radical (unpaired) electrons. The smallest absolute Gasteiger partial charge is 0.170 e. The number of para-hydroxylation sites is 1. The van der Waals surface area contributed by atoms with Gasteiger partial charge in [-0.05, 0) is 30.0 Å². The first-order chi connectivity index (χ1) is 9.31. The van der Waals surface area contributed by atoms with Crippen LogP contribution in [0.15, 0.2) is 54.6 Å². The Morgan fingerprint density at radius 1 is 1.05 bits per heavy atom. The molecular weight excluding hydrogens is 236 g/mol. The van der Waals surface area contributed by atoms with Crippen LogP contribution in [0.4, 0.5) is 0 Å². The minimum Gasteiger partial charge on any atom is -0.496 e. The maximum atomic E-state index is 12.5. The number of Topliss-reactive ketones (excluding diaryl/α,β-unsaturated/α-hetero) is 1. The first-order valence-electron chi connectivity index (χ1n) is 6.53. The standard InChI is InChI=1S/C17H16O2/c1-19-16-10-6-5-9-13(16)17(18)15-11-14(15)12-7-3-2-4-8-12/h2-10,14-15H,11H2,1H3. The molecule has 2 atom stereocenters. The predicted octanol–water partition coefficient (Wildman–Crippen LogP) is 3.68. The summed E-state index contributed by atoms with van der Waals surface area (Å²) < 4.78 is 5.26. The molecule has 0 aromatic heterocycles. The first kappa shape index (κ1) is 12.0. The summed E-state index contributed by atoms with van der Waals surface area (Å²) in [6.07, 6.45) is 0.945. The molecule has 19 heavy (non-hydrogen) atoms. The number of ketones is 1. The summed E-state index contributed by atoms with van der Waals surface area (Å²) in [5, 5.41) is 0. The predicted molar refractivity (Wildman–Crippen MR) is 74.6 cm³/mol. The summed E-state index contributed by atoms with van der Waals surface area (Å²) in [6, 6.07) is 17.7. The van der Waals surface area contributed by atoms with E-state index in [9.17, 15) is 4.79 Å². The van der Waals surface area contributed by atoms with Crippen molar-refractivity contribution in [1.82, 2.24) is 0 Å². The van der Waals surface area contributed by atoms with E-state index in [2.05, 4.69) is 12.1 Å². The number of hydrogen-bond acceptors (Lipinski definition) is 2. The summed E-state index contributed by atoms with van der Waals surface area (Å²) in [5.41, 5.74) is 1.96. The maximum Gasteiger partial charge on any atom is 0.170 e. The lowest BCUT2D eigenvalue weighted by Crippen LogP contribution is -2.05. The lowest BCUT2D eigenvalue weighted by atomic mass is 10.0. The molecule has 0 saturated heterocycles. The van der Waals surface area contributed by atoms with Gasteiger partial charge in [-0.3, -0.25) is 4.79 Å². The van der Waals surface area contributed by atoms with E-state index in [-0.39, 0.29) is 11.7 Å². The molecule has 1 aliphatic carbocycles. The van der Waals surface area contributed by atoms with Crippen LogP contribution in [0, 0.1) is 5.92 Å². The Kier molecular flexibility index (Phi) is 3.08. The number of carbonyl (C=O) groups is 1. The van der Waals surface area contributed by atoms with E-state index in [1.807, 2.05) is 42.5 Å². The lowest BCUT2D eigenvalue weighted by molar-refractivity contribution is 0.0962. The summed E-state index contributed by atoms with van der Waals surface area (Å²) in [4.78, 5) is 12.5. The van der Waals surface area contributed by atoms with E-state index >= 15 is 0 Å². The zero-order valence-electron chi connectivity index (χ0n) is 10.9. The Morgan fingerprint density at radius 2 is 1.74 bits per heavy atom. The molecule has 1 fully saturated rings. The number of hydrogen-bond donors (Lipinski definition) is 0. The number of carbonyl (C=O) groups excluding carboxylic acids is 1. The highest BCUT2D eigenvalue weighted by Gasteiger charge is 2.44. The third kappa shape index (κ3) is 2.26. The first-order valence-corrected chi connectivity index (χ1v) is 6.53. The zero-order chi connectivity index (χ0) is 13.2. The molecule has 1 saturated carbocycles. The number of benzene rings is 2. The van der Waals surface area contributed by atoms with Gasteiger partial charge in [0.1, 0.15) is 5.75 Å². The molecule has 0 amide bonds. The maximum absolute atomic E-state index is 12.5. The van der Waals surface area contributed by atoms with Crippen LogP contribution in [-0.4, -0.2) is 12.9 Å². The van der Waals surface area contributed by atoms with Crippen molar-refractivity contribution in [2.75, 3.05) is 7.11 Å². The molecule has 3 rings (SSSR count). The lowest BCUT2D eigenvalue weighted by Gasteiger charge is -2.06. The molecule has 0 aliphatic heterocycles. The SMILES string of the molecule is COc1ccccc1C(=O)C1CC1c1ccccc1. The second-order valence-corrected chi connectivity index (χ2v) is 4.92. The van der Waals surface area contributed by atoms with E-state index in [1.165, 1.54) is 5.56 Å². The van der Waals surface area contributed by atoms with Crippen LogP contribution in [0.1, 0.15) is 28.3 Å². The average molecular weight is 252 g/mol. The average Bonchev–Trinajstić information content (AvgIpc) is 3.28.